The van der Waals surface area contributed by atoms with Gasteiger partial charge in [-0.25, -0.2) is 6.57 Å². The van der Waals surface area contributed by atoms with Crippen LogP contribution in [-0.2, 0) is 61.9 Å². The molecule has 0 aliphatic heterocycles. The lowest BCUT2D eigenvalue weighted by molar-refractivity contribution is -0.127. The Morgan fingerprint density at radius 1 is 0.481 bits per heavy atom. The van der Waals surface area contributed by atoms with E-state index in [0.717, 1.165) is 0 Å². The third-order valence-corrected chi connectivity index (χ3v) is 8.01. The van der Waals surface area contributed by atoms with Crippen molar-refractivity contribution in [3.63, 3.8) is 0 Å². The molecule has 0 saturated heterocycles. The molecule has 1 unspecified atom stereocenters. The first kappa shape index (κ1) is 49.5. The van der Waals surface area contributed by atoms with E-state index in [4.69, 9.17) is 44.5 Å². The monoisotopic (exact) mass is 743 g/mol. The van der Waals surface area contributed by atoms with Crippen molar-refractivity contribution >= 4 is 28.9 Å². The summed E-state index contributed by atoms with van der Waals surface area (Å²) < 4.78 is 43.0. The van der Waals surface area contributed by atoms with Crippen molar-refractivity contribution in [3.05, 3.63) is 11.4 Å². The largest absolute Gasteiger partial charge is 0.379 e. The number of rotatable bonds is 39. The second kappa shape index (κ2) is 33.1. The Bertz CT molecular complexity index is 1030. The molecule has 0 aromatic carbocycles. The third-order valence-electron chi connectivity index (χ3n) is 8.01. The topological polar surface area (TPSA) is 164 Å². The van der Waals surface area contributed by atoms with Gasteiger partial charge in [0.05, 0.1) is 52.9 Å². The maximum Gasteiger partial charge on any atom is 0.289 e. The van der Waals surface area contributed by atoms with Crippen molar-refractivity contribution < 1.29 is 61.9 Å². The van der Waals surface area contributed by atoms with Crippen LogP contribution in [0, 0.1) is 18.4 Å². The summed E-state index contributed by atoms with van der Waals surface area (Å²) in [5.74, 6) is -0.156. The first-order valence-electron chi connectivity index (χ1n) is 18.6. The highest BCUT2D eigenvalue weighted by Crippen LogP contribution is 2.24. The van der Waals surface area contributed by atoms with Gasteiger partial charge in [-0.2, -0.15) is 0 Å². The van der Waals surface area contributed by atoms with E-state index in [9.17, 15) is 24.0 Å². The van der Waals surface area contributed by atoms with Gasteiger partial charge in [0.2, 0.25) is 5.78 Å². The van der Waals surface area contributed by atoms with E-state index < -0.39 is 5.54 Å². The minimum Gasteiger partial charge on any atom is -0.379 e. The number of ketones is 5. The fourth-order valence-corrected chi connectivity index (χ4v) is 4.21. The van der Waals surface area contributed by atoms with Crippen LogP contribution < -0.4 is 0 Å². The van der Waals surface area contributed by atoms with Crippen LogP contribution in [0.5, 0.6) is 0 Å². The van der Waals surface area contributed by atoms with Crippen LogP contribution >= 0.6 is 0 Å². The quantitative estimate of drug-likeness (QED) is 0.0655. The van der Waals surface area contributed by atoms with E-state index in [-0.39, 0.29) is 80.4 Å². The fraction of sp³-hybridized carbons (Fsp3) is 0.842. The summed E-state index contributed by atoms with van der Waals surface area (Å²) in [7, 11) is 0. The number of carbonyl (C=O) groups is 5. The Hall–Kier alpha value is -2.48. The summed E-state index contributed by atoms with van der Waals surface area (Å²) in [6.45, 7) is 20.7. The molecule has 52 heavy (non-hydrogen) atoms. The first-order valence-corrected chi connectivity index (χ1v) is 18.6. The smallest absolute Gasteiger partial charge is 0.289 e. The minimum absolute atomic E-state index is 0.00413. The number of nitrogens with zero attached hydrogens (tertiary/aromatic N) is 1. The van der Waals surface area contributed by atoms with Crippen molar-refractivity contribution in [2.24, 2.45) is 11.8 Å². The van der Waals surface area contributed by atoms with Gasteiger partial charge in [0, 0.05) is 70.9 Å². The molecule has 0 radical (unpaired) electrons. The van der Waals surface area contributed by atoms with Gasteiger partial charge in [0.1, 0.15) is 26.4 Å². The number of Topliss-reactive ketones (excluding diaryl/α,β-unsaturated/α-hetero) is 5. The molecule has 0 bridgehead atoms. The second-order valence-electron chi connectivity index (χ2n) is 13.1. The van der Waals surface area contributed by atoms with Gasteiger partial charge in [0.25, 0.3) is 5.54 Å². The highest BCUT2D eigenvalue weighted by Gasteiger charge is 2.42. The number of hydrogen-bond donors (Lipinski definition) is 0. The van der Waals surface area contributed by atoms with Gasteiger partial charge in [-0.15, -0.1) is 0 Å². The van der Waals surface area contributed by atoms with E-state index in [2.05, 4.69) is 4.85 Å². The van der Waals surface area contributed by atoms with Gasteiger partial charge >= 0.3 is 0 Å². The first-order chi connectivity index (χ1) is 24.9. The van der Waals surface area contributed by atoms with Crippen molar-refractivity contribution in [3.8, 4) is 0 Å². The van der Waals surface area contributed by atoms with Crippen LogP contribution in [0.15, 0.2) is 0 Å². The Kier molecular flexibility index (Phi) is 31.5. The number of carbonyl (C=O) groups excluding carboxylic acids is 5. The molecule has 0 rings (SSSR count). The molecule has 0 aliphatic carbocycles. The molecule has 0 aliphatic rings. The molecular weight excluding hydrogens is 678 g/mol. The molecule has 0 heterocycles. The highest BCUT2D eigenvalue weighted by atomic mass is 16.5. The molecule has 14 nitrogen and oxygen atoms in total. The third kappa shape index (κ3) is 28.1. The van der Waals surface area contributed by atoms with E-state index >= 15 is 0 Å². The number of hydrogen-bond acceptors (Lipinski definition) is 13. The SMILES string of the molecule is [C-]#[N+]C(C)(C(=O)CCCOCCOCC(=O)CCCOCCOCC(=O)CCCOCCOCC(=O)CCCOCCOCC(=O)C(C)C)C(C)C. The van der Waals surface area contributed by atoms with Gasteiger partial charge in [-0.05, 0) is 25.7 Å². The predicted molar refractivity (Wildman–Crippen MR) is 193 cm³/mol. The van der Waals surface area contributed by atoms with Crippen molar-refractivity contribution in [2.45, 2.75) is 91.5 Å². The van der Waals surface area contributed by atoms with Gasteiger partial charge in [-0.1, -0.05) is 27.7 Å². The zero-order chi connectivity index (χ0) is 38.9. The minimum atomic E-state index is -0.986. The zero-order valence-electron chi connectivity index (χ0n) is 32.4. The Morgan fingerprint density at radius 3 is 1.10 bits per heavy atom. The van der Waals surface area contributed by atoms with E-state index in [1.54, 1.807) is 6.92 Å². The van der Waals surface area contributed by atoms with Crippen molar-refractivity contribution in [1.29, 1.82) is 0 Å². The normalized spacial score (nSPS) is 12.6. The molecule has 14 heteroatoms. The van der Waals surface area contributed by atoms with Gasteiger partial charge < -0.3 is 42.7 Å². The molecule has 0 aromatic rings. The lowest BCUT2D eigenvalue weighted by Crippen LogP contribution is -2.37. The molecular formula is C38H65NO13. The Labute approximate surface area is 311 Å². The Balaban J connectivity index is 3.46. The predicted octanol–water partition coefficient (Wildman–Crippen LogP) is 4.08. The summed E-state index contributed by atoms with van der Waals surface area (Å²) in [6.07, 6.45) is 3.59. The van der Waals surface area contributed by atoms with Crippen LogP contribution in [-0.4, -0.2) is 140 Å². The summed E-state index contributed by atoms with van der Waals surface area (Å²) in [6, 6.07) is 0. The van der Waals surface area contributed by atoms with Crippen molar-refractivity contribution in [2.75, 3.05) is 106 Å². The average Bonchev–Trinajstić information content (AvgIpc) is 3.11. The Morgan fingerprint density at radius 2 is 0.788 bits per heavy atom. The van der Waals surface area contributed by atoms with Crippen LogP contribution in [0.4, 0.5) is 0 Å². The second-order valence-corrected chi connectivity index (χ2v) is 13.1. The van der Waals surface area contributed by atoms with Crippen LogP contribution in [0.3, 0.4) is 0 Å². The van der Waals surface area contributed by atoms with Gasteiger partial charge in [0.15, 0.2) is 23.1 Å². The van der Waals surface area contributed by atoms with E-state index in [1.807, 2.05) is 27.7 Å². The van der Waals surface area contributed by atoms with E-state index in [0.29, 0.717) is 117 Å². The maximum absolute atomic E-state index is 12.3. The van der Waals surface area contributed by atoms with Crippen LogP contribution in [0.1, 0.15) is 86.0 Å². The molecule has 0 saturated carbocycles. The molecule has 0 aromatic heterocycles. The highest BCUT2D eigenvalue weighted by molar-refractivity contribution is 5.90. The molecule has 0 N–H and O–H groups in total. The van der Waals surface area contributed by atoms with Gasteiger partial charge in [-0.3, -0.25) is 24.0 Å². The standard InChI is InChI=1S/C38H65NO13/c1-31(2)36(43)30-52-26-22-47-17-9-13-35(42)28-50-24-20-45-15-7-11-33(40)27-49-23-19-46-16-8-12-34(41)29-51-25-21-48-18-10-14-37(44)38(5,39-6)32(3)4/h31-32H,7-30H2,1-5H3. The van der Waals surface area contributed by atoms with Crippen LogP contribution in [0.2, 0.25) is 0 Å². The number of ether oxygens (including phenoxy) is 8. The lowest BCUT2D eigenvalue weighted by atomic mass is 9.83. The zero-order valence-corrected chi connectivity index (χ0v) is 32.4. The van der Waals surface area contributed by atoms with Crippen molar-refractivity contribution in [1.82, 2.24) is 0 Å². The summed E-state index contributed by atoms with van der Waals surface area (Å²) in [4.78, 5) is 63.0. The molecule has 300 valence electrons. The molecule has 0 amide bonds. The maximum atomic E-state index is 12.3. The lowest BCUT2D eigenvalue weighted by Gasteiger charge is -2.19. The molecule has 1 atom stereocenters. The average molecular weight is 744 g/mol. The summed E-state index contributed by atoms with van der Waals surface area (Å²) in [5.41, 5.74) is -0.986. The molecule has 0 fully saturated rings. The molecule has 0 spiro atoms. The van der Waals surface area contributed by atoms with Crippen LogP contribution in [0.25, 0.3) is 4.85 Å². The fourth-order valence-electron chi connectivity index (χ4n) is 4.21. The summed E-state index contributed by atoms with van der Waals surface area (Å²) in [5, 5.41) is 0. The van der Waals surface area contributed by atoms with E-state index in [1.165, 1.54) is 0 Å². The summed E-state index contributed by atoms with van der Waals surface area (Å²) >= 11 is 0.